The van der Waals surface area contributed by atoms with Gasteiger partial charge in [-0.15, -0.1) is 10.2 Å². The lowest BCUT2D eigenvalue weighted by molar-refractivity contribution is 0.374. The van der Waals surface area contributed by atoms with Crippen LogP contribution >= 0.6 is 11.8 Å². The average molecular weight is 343 g/mol. The molecule has 0 aliphatic carbocycles. The van der Waals surface area contributed by atoms with Gasteiger partial charge in [0, 0.05) is 6.42 Å². The number of hydrogen-bond donors (Lipinski definition) is 0. The molecule has 0 bridgehead atoms. The van der Waals surface area contributed by atoms with Gasteiger partial charge in [-0.25, -0.2) is 0 Å². The number of hydrogen-bond acceptors (Lipinski definition) is 6. The van der Waals surface area contributed by atoms with Gasteiger partial charge in [-0.1, -0.05) is 48.5 Å². The van der Waals surface area contributed by atoms with Gasteiger partial charge in [0.2, 0.25) is 5.89 Å². The lowest BCUT2D eigenvalue weighted by Crippen LogP contribution is -1.99. The molecule has 2 heterocycles. The Morgan fingerprint density at radius 2 is 2.12 bits per heavy atom. The van der Waals surface area contributed by atoms with Crippen LogP contribution in [0.25, 0.3) is 5.69 Å². The zero-order valence-corrected chi connectivity index (χ0v) is 15.0. The van der Waals surface area contributed by atoms with E-state index in [4.69, 9.17) is 4.52 Å². The van der Waals surface area contributed by atoms with E-state index in [1.54, 1.807) is 18.1 Å². The first-order chi connectivity index (χ1) is 11.7. The summed E-state index contributed by atoms with van der Waals surface area (Å²) in [5, 5.41) is 13.2. The zero-order chi connectivity index (χ0) is 16.9. The molecule has 0 spiro atoms. The van der Waals surface area contributed by atoms with E-state index in [2.05, 4.69) is 46.3 Å². The maximum Gasteiger partial charge on any atom is 0.239 e. The highest BCUT2D eigenvalue weighted by atomic mass is 32.2. The molecule has 0 N–H and O–H groups in total. The van der Waals surface area contributed by atoms with Gasteiger partial charge >= 0.3 is 0 Å². The third kappa shape index (κ3) is 3.67. The highest BCUT2D eigenvalue weighted by Gasteiger charge is 2.19. The van der Waals surface area contributed by atoms with Crippen LogP contribution in [0.15, 0.2) is 40.3 Å². The van der Waals surface area contributed by atoms with Crippen molar-refractivity contribution in [1.82, 2.24) is 24.9 Å². The van der Waals surface area contributed by atoms with E-state index in [0.29, 0.717) is 5.89 Å². The summed E-state index contributed by atoms with van der Waals surface area (Å²) in [7, 11) is 0. The van der Waals surface area contributed by atoms with Crippen LogP contribution in [0.2, 0.25) is 0 Å². The Labute approximate surface area is 145 Å². The van der Waals surface area contributed by atoms with Gasteiger partial charge in [0.05, 0.1) is 10.9 Å². The predicted molar refractivity (Wildman–Crippen MR) is 93.3 cm³/mol. The molecule has 0 aliphatic rings. The lowest BCUT2D eigenvalue weighted by atomic mass is 10.2. The Kier molecular flexibility index (Phi) is 5.30. The van der Waals surface area contributed by atoms with Crippen molar-refractivity contribution in [2.24, 2.45) is 0 Å². The average Bonchev–Trinajstić information content (AvgIpc) is 3.23. The van der Waals surface area contributed by atoms with Crippen molar-refractivity contribution >= 4 is 11.8 Å². The van der Waals surface area contributed by atoms with Crippen LogP contribution in [0.3, 0.4) is 0 Å². The first-order valence-corrected chi connectivity index (χ1v) is 9.02. The number of para-hydroxylation sites is 1. The fourth-order valence-corrected chi connectivity index (χ4v) is 3.25. The second-order valence-corrected chi connectivity index (χ2v) is 6.99. The summed E-state index contributed by atoms with van der Waals surface area (Å²) in [6, 6.07) is 8.17. The van der Waals surface area contributed by atoms with E-state index in [1.165, 1.54) is 5.56 Å². The summed E-state index contributed by atoms with van der Waals surface area (Å²) in [5.41, 5.74) is 2.25. The smallest absolute Gasteiger partial charge is 0.239 e. The van der Waals surface area contributed by atoms with Gasteiger partial charge in [0.15, 0.2) is 11.0 Å². The monoisotopic (exact) mass is 343 g/mol. The van der Waals surface area contributed by atoms with Crippen molar-refractivity contribution in [3.8, 4) is 5.69 Å². The van der Waals surface area contributed by atoms with E-state index >= 15 is 0 Å². The van der Waals surface area contributed by atoms with Gasteiger partial charge < -0.3 is 4.52 Å². The highest BCUT2D eigenvalue weighted by molar-refractivity contribution is 7.99. The fraction of sp³-hybridized carbons (Fsp3) is 0.412. The number of benzene rings is 1. The van der Waals surface area contributed by atoms with Crippen molar-refractivity contribution in [3.63, 3.8) is 0 Å². The summed E-state index contributed by atoms with van der Waals surface area (Å²) in [6.45, 7) is 6.27. The van der Waals surface area contributed by atoms with E-state index in [1.807, 2.05) is 23.6 Å². The molecule has 24 heavy (non-hydrogen) atoms. The molecule has 0 radical (unpaired) electrons. The second-order valence-electron chi connectivity index (χ2n) is 5.68. The minimum Gasteiger partial charge on any atom is -0.338 e. The molecular weight excluding hydrogens is 322 g/mol. The molecule has 1 atom stereocenters. The maximum absolute atomic E-state index is 5.40. The fourth-order valence-electron chi connectivity index (χ4n) is 2.38. The minimum atomic E-state index is 0.0137. The molecule has 7 heteroatoms. The molecule has 3 rings (SSSR count). The molecule has 6 nitrogen and oxygen atoms in total. The molecule has 0 saturated carbocycles. The van der Waals surface area contributed by atoms with Crippen LogP contribution in [0.1, 0.15) is 49.2 Å². The molecule has 0 aliphatic heterocycles. The topological polar surface area (TPSA) is 69.6 Å². The van der Waals surface area contributed by atoms with Crippen LogP contribution in [-0.4, -0.2) is 24.9 Å². The van der Waals surface area contributed by atoms with Crippen LogP contribution < -0.4 is 0 Å². The van der Waals surface area contributed by atoms with Gasteiger partial charge in [0.25, 0.3) is 0 Å². The van der Waals surface area contributed by atoms with Gasteiger partial charge in [-0.05, 0) is 31.9 Å². The van der Waals surface area contributed by atoms with Crippen molar-refractivity contribution in [2.45, 2.75) is 50.4 Å². The van der Waals surface area contributed by atoms with Crippen molar-refractivity contribution in [3.05, 3.63) is 47.9 Å². The largest absolute Gasteiger partial charge is 0.338 e. The summed E-state index contributed by atoms with van der Waals surface area (Å²) in [6.07, 6.45) is 4.78. The summed E-state index contributed by atoms with van der Waals surface area (Å²) < 4.78 is 7.39. The second kappa shape index (κ2) is 7.61. The Balaban J connectivity index is 1.76. The molecule has 0 saturated heterocycles. The molecule has 2 aromatic heterocycles. The number of nitrogens with zero attached hydrogens (tertiary/aromatic N) is 5. The summed E-state index contributed by atoms with van der Waals surface area (Å²) >= 11 is 1.56. The van der Waals surface area contributed by atoms with Crippen LogP contribution in [-0.2, 0) is 6.42 Å². The van der Waals surface area contributed by atoms with E-state index < -0.39 is 0 Å². The highest BCUT2D eigenvalue weighted by Crippen LogP contribution is 2.34. The van der Waals surface area contributed by atoms with Crippen LogP contribution in [0.4, 0.5) is 0 Å². The Hall–Kier alpha value is -2.15. The number of thioether (sulfide) groups is 1. The molecule has 0 amide bonds. The van der Waals surface area contributed by atoms with Gasteiger partial charge in [-0.3, -0.25) is 4.57 Å². The molecular formula is C17H21N5OS. The summed E-state index contributed by atoms with van der Waals surface area (Å²) in [5.74, 6) is 1.41. The SMILES string of the molecule is CCCCc1noc(C(C)Sc2nncn2-c2ccccc2C)n1. The zero-order valence-electron chi connectivity index (χ0n) is 14.1. The maximum atomic E-state index is 5.40. The lowest BCUT2D eigenvalue weighted by Gasteiger charge is -2.10. The first kappa shape index (κ1) is 16.7. The Morgan fingerprint density at radius 3 is 2.92 bits per heavy atom. The van der Waals surface area contributed by atoms with Gasteiger partial charge in [0.1, 0.15) is 6.33 Å². The van der Waals surface area contributed by atoms with Crippen LogP contribution in [0.5, 0.6) is 0 Å². The van der Waals surface area contributed by atoms with E-state index in [-0.39, 0.29) is 5.25 Å². The molecule has 1 unspecified atom stereocenters. The van der Waals surface area contributed by atoms with Crippen LogP contribution in [0, 0.1) is 6.92 Å². The third-order valence-corrected chi connectivity index (χ3v) is 4.80. The quantitative estimate of drug-likeness (QED) is 0.600. The molecule has 0 fully saturated rings. The van der Waals surface area contributed by atoms with E-state index in [0.717, 1.165) is 35.9 Å². The van der Waals surface area contributed by atoms with Gasteiger partial charge in [-0.2, -0.15) is 4.98 Å². The number of unbranched alkanes of at least 4 members (excludes halogenated alkanes) is 1. The minimum absolute atomic E-state index is 0.0137. The number of aromatic nitrogens is 5. The van der Waals surface area contributed by atoms with Crippen molar-refractivity contribution in [2.75, 3.05) is 0 Å². The first-order valence-electron chi connectivity index (χ1n) is 8.14. The molecule has 3 aromatic rings. The van der Waals surface area contributed by atoms with E-state index in [9.17, 15) is 0 Å². The van der Waals surface area contributed by atoms with Crippen molar-refractivity contribution in [1.29, 1.82) is 0 Å². The number of rotatable bonds is 7. The Morgan fingerprint density at radius 1 is 1.29 bits per heavy atom. The standard InChI is InChI=1S/C17H21N5OS/c1-4-5-10-15-19-16(23-21-15)13(3)24-17-20-18-11-22(17)14-9-7-6-8-12(14)2/h6-9,11,13H,4-5,10H2,1-3H3. The van der Waals surface area contributed by atoms with Crippen molar-refractivity contribution < 1.29 is 4.52 Å². The number of aryl methyl sites for hydroxylation is 2. The normalized spacial score (nSPS) is 12.5. The molecule has 1 aromatic carbocycles. The predicted octanol–water partition coefficient (Wildman–Crippen LogP) is 4.15. The Bertz CT molecular complexity index is 798. The third-order valence-electron chi connectivity index (χ3n) is 3.76. The molecule has 126 valence electrons. The summed E-state index contributed by atoms with van der Waals surface area (Å²) in [4.78, 5) is 4.49.